The Balaban J connectivity index is 2.13. The molecule has 1 aromatic carbocycles. The lowest BCUT2D eigenvalue weighted by atomic mass is 10.3. The Morgan fingerprint density at radius 3 is 2.78 bits per heavy atom. The molecule has 1 aromatic heterocycles. The van der Waals surface area contributed by atoms with Crippen molar-refractivity contribution in [3.05, 3.63) is 52.4 Å². The number of rotatable bonds is 4. The Labute approximate surface area is 113 Å². The number of hydrogen-bond donors (Lipinski definition) is 1. The monoisotopic (exact) mass is 310 g/mol. The Kier molecular flexibility index (Phi) is 4.28. The van der Waals surface area contributed by atoms with Gasteiger partial charge < -0.3 is 10.1 Å². The van der Waals surface area contributed by atoms with Gasteiger partial charge in [-0.2, -0.15) is 0 Å². The molecule has 1 heterocycles. The molecule has 0 aliphatic rings. The summed E-state index contributed by atoms with van der Waals surface area (Å²) in [6.45, 7) is 0.749. The highest BCUT2D eigenvalue weighted by molar-refractivity contribution is 9.10. The fourth-order valence-electron chi connectivity index (χ4n) is 1.49. The molecule has 18 heavy (non-hydrogen) atoms. The number of nitrogens with zero attached hydrogens (tertiary/aromatic N) is 1. The van der Waals surface area contributed by atoms with E-state index in [-0.39, 0.29) is 5.82 Å². The van der Waals surface area contributed by atoms with Crippen molar-refractivity contribution in [1.29, 1.82) is 0 Å². The molecule has 5 heteroatoms. The van der Waals surface area contributed by atoms with Gasteiger partial charge in [-0.15, -0.1) is 0 Å². The topological polar surface area (TPSA) is 34.1 Å². The fourth-order valence-corrected chi connectivity index (χ4v) is 1.93. The normalized spacial score (nSPS) is 10.4. The molecule has 0 aliphatic heterocycles. The van der Waals surface area contributed by atoms with E-state index >= 15 is 0 Å². The smallest absolute Gasteiger partial charge is 0.219 e. The van der Waals surface area contributed by atoms with E-state index in [0.717, 1.165) is 12.1 Å². The standard InChI is InChI=1S/C13H12BrFN2O/c1-16-7-9-2-3-13(17-8-9)18-12-5-10(14)4-11(15)6-12/h2-6,8,16H,7H2,1H3. The molecule has 0 saturated carbocycles. The first-order valence-electron chi connectivity index (χ1n) is 5.41. The van der Waals surface area contributed by atoms with Crippen LogP contribution >= 0.6 is 15.9 Å². The summed E-state index contributed by atoms with van der Waals surface area (Å²) in [6, 6.07) is 8.04. The van der Waals surface area contributed by atoms with E-state index in [1.54, 1.807) is 18.3 Å². The fraction of sp³-hybridized carbons (Fsp3) is 0.154. The van der Waals surface area contributed by atoms with Gasteiger partial charge in [0.1, 0.15) is 11.6 Å². The lowest BCUT2D eigenvalue weighted by molar-refractivity contribution is 0.457. The first kappa shape index (κ1) is 13.0. The highest BCUT2D eigenvalue weighted by atomic mass is 79.9. The van der Waals surface area contributed by atoms with Crippen LogP contribution in [0.3, 0.4) is 0 Å². The number of aromatic nitrogens is 1. The van der Waals surface area contributed by atoms with Crippen molar-refractivity contribution < 1.29 is 9.13 Å². The molecule has 1 N–H and O–H groups in total. The predicted octanol–water partition coefficient (Wildman–Crippen LogP) is 3.49. The van der Waals surface area contributed by atoms with E-state index in [9.17, 15) is 4.39 Å². The molecular weight excluding hydrogens is 299 g/mol. The summed E-state index contributed by atoms with van der Waals surface area (Å²) in [5.74, 6) is 0.495. The second-order valence-corrected chi connectivity index (χ2v) is 4.66. The number of hydrogen-bond acceptors (Lipinski definition) is 3. The quantitative estimate of drug-likeness (QED) is 0.938. The molecule has 0 fully saturated rings. The maximum absolute atomic E-state index is 13.2. The molecule has 0 radical (unpaired) electrons. The number of halogens is 2. The second-order valence-electron chi connectivity index (χ2n) is 3.74. The molecule has 0 unspecified atom stereocenters. The molecule has 0 saturated heterocycles. The third-order valence-electron chi connectivity index (χ3n) is 2.24. The summed E-state index contributed by atoms with van der Waals surface area (Å²) in [5, 5.41) is 3.03. The van der Waals surface area contributed by atoms with Crippen molar-refractivity contribution in [2.45, 2.75) is 6.54 Å². The van der Waals surface area contributed by atoms with Crippen molar-refractivity contribution in [1.82, 2.24) is 10.3 Å². The minimum atomic E-state index is -0.355. The molecule has 94 valence electrons. The molecule has 2 rings (SSSR count). The van der Waals surface area contributed by atoms with E-state index in [4.69, 9.17) is 4.74 Å². The van der Waals surface area contributed by atoms with E-state index in [0.29, 0.717) is 16.1 Å². The van der Waals surface area contributed by atoms with Crippen molar-refractivity contribution in [2.24, 2.45) is 0 Å². The van der Waals surface area contributed by atoms with Gasteiger partial charge in [0.05, 0.1) is 0 Å². The molecule has 0 amide bonds. The van der Waals surface area contributed by atoms with Crippen molar-refractivity contribution >= 4 is 15.9 Å². The van der Waals surface area contributed by atoms with Crippen LogP contribution < -0.4 is 10.1 Å². The molecule has 0 bridgehead atoms. The largest absolute Gasteiger partial charge is 0.439 e. The van der Waals surface area contributed by atoms with E-state index in [1.165, 1.54) is 12.1 Å². The summed E-state index contributed by atoms with van der Waals surface area (Å²) >= 11 is 3.21. The molecule has 0 spiro atoms. The molecule has 0 atom stereocenters. The van der Waals surface area contributed by atoms with Crippen LogP contribution in [0.4, 0.5) is 4.39 Å². The molecule has 0 aliphatic carbocycles. The maximum atomic E-state index is 13.2. The van der Waals surface area contributed by atoms with Gasteiger partial charge in [-0.25, -0.2) is 9.37 Å². The minimum Gasteiger partial charge on any atom is -0.439 e. The van der Waals surface area contributed by atoms with Gasteiger partial charge in [0, 0.05) is 29.3 Å². The zero-order chi connectivity index (χ0) is 13.0. The van der Waals surface area contributed by atoms with Crippen LogP contribution in [0.15, 0.2) is 41.0 Å². The minimum absolute atomic E-state index is 0.355. The van der Waals surface area contributed by atoms with Crippen LogP contribution in [0, 0.1) is 5.82 Å². The van der Waals surface area contributed by atoms with Gasteiger partial charge in [0.15, 0.2) is 0 Å². The van der Waals surface area contributed by atoms with E-state index in [2.05, 4.69) is 26.2 Å². The Morgan fingerprint density at radius 1 is 1.33 bits per heavy atom. The summed E-state index contributed by atoms with van der Waals surface area (Å²) in [7, 11) is 1.87. The lowest BCUT2D eigenvalue weighted by Gasteiger charge is -2.06. The number of pyridine rings is 1. The number of benzene rings is 1. The number of nitrogens with one attached hydrogen (secondary N) is 1. The zero-order valence-electron chi connectivity index (χ0n) is 9.78. The van der Waals surface area contributed by atoms with Gasteiger partial charge in [0.2, 0.25) is 5.88 Å². The Bertz CT molecular complexity index is 511. The number of ether oxygens (including phenoxy) is 1. The van der Waals surface area contributed by atoms with Gasteiger partial charge in [-0.1, -0.05) is 22.0 Å². The van der Waals surface area contributed by atoms with Crippen molar-refractivity contribution in [3.8, 4) is 11.6 Å². The molecular formula is C13H12BrFN2O. The van der Waals surface area contributed by atoms with Crippen molar-refractivity contribution in [2.75, 3.05) is 7.05 Å². The third-order valence-corrected chi connectivity index (χ3v) is 2.69. The van der Waals surface area contributed by atoms with Crippen molar-refractivity contribution in [3.63, 3.8) is 0 Å². The van der Waals surface area contributed by atoms with Gasteiger partial charge in [-0.3, -0.25) is 0 Å². The van der Waals surface area contributed by atoms with Gasteiger partial charge in [-0.05, 0) is 24.7 Å². The maximum Gasteiger partial charge on any atom is 0.219 e. The van der Waals surface area contributed by atoms with Crippen LogP contribution in [-0.4, -0.2) is 12.0 Å². The highest BCUT2D eigenvalue weighted by Gasteiger charge is 2.03. The lowest BCUT2D eigenvalue weighted by Crippen LogP contribution is -2.05. The average molecular weight is 311 g/mol. The Hall–Kier alpha value is -1.46. The first-order chi connectivity index (χ1) is 8.67. The third kappa shape index (κ3) is 3.51. The second kappa shape index (κ2) is 5.93. The molecule has 2 aromatic rings. The predicted molar refractivity (Wildman–Crippen MR) is 71.2 cm³/mol. The molecule has 3 nitrogen and oxygen atoms in total. The summed E-state index contributed by atoms with van der Waals surface area (Å²) in [6.07, 6.45) is 1.72. The van der Waals surface area contributed by atoms with E-state index < -0.39 is 0 Å². The Morgan fingerprint density at radius 2 is 2.17 bits per heavy atom. The van der Waals surface area contributed by atoms with Crippen LogP contribution in [0.2, 0.25) is 0 Å². The zero-order valence-corrected chi connectivity index (χ0v) is 11.4. The average Bonchev–Trinajstić information content (AvgIpc) is 2.31. The first-order valence-corrected chi connectivity index (χ1v) is 6.20. The summed E-state index contributed by atoms with van der Waals surface area (Å²) in [4.78, 5) is 4.15. The van der Waals surface area contributed by atoms with Gasteiger partial charge in [0.25, 0.3) is 0 Å². The summed E-state index contributed by atoms with van der Waals surface area (Å²) in [5.41, 5.74) is 1.06. The van der Waals surface area contributed by atoms with E-state index in [1.807, 2.05) is 13.1 Å². The van der Waals surface area contributed by atoms with Crippen LogP contribution in [0.5, 0.6) is 11.6 Å². The van der Waals surface area contributed by atoms with Crippen LogP contribution in [-0.2, 0) is 6.54 Å². The van der Waals surface area contributed by atoms with Gasteiger partial charge >= 0.3 is 0 Å². The highest BCUT2D eigenvalue weighted by Crippen LogP contribution is 2.24. The van der Waals surface area contributed by atoms with Crippen LogP contribution in [0.1, 0.15) is 5.56 Å². The van der Waals surface area contributed by atoms with Crippen LogP contribution in [0.25, 0.3) is 0 Å². The summed E-state index contributed by atoms with van der Waals surface area (Å²) < 4.78 is 19.3. The SMILES string of the molecule is CNCc1ccc(Oc2cc(F)cc(Br)c2)nc1.